The summed E-state index contributed by atoms with van der Waals surface area (Å²) in [4.78, 5) is 37.3. The van der Waals surface area contributed by atoms with Gasteiger partial charge in [-0.25, -0.2) is 14.8 Å². The van der Waals surface area contributed by atoms with E-state index in [9.17, 15) is 9.59 Å². The molecule has 0 unspecified atom stereocenters. The highest BCUT2D eigenvalue weighted by molar-refractivity contribution is 5.98. The van der Waals surface area contributed by atoms with Gasteiger partial charge in [0.15, 0.2) is 0 Å². The van der Waals surface area contributed by atoms with E-state index in [2.05, 4.69) is 31.6 Å². The number of hydrogen-bond acceptors (Lipinski definition) is 10. The molecule has 3 heterocycles. The first-order chi connectivity index (χ1) is 19.4. The number of aromatic nitrogens is 2. The van der Waals surface area contributed by atoms with Crippen LogP contribution in [0.5, 0.6) is 11.5 Å². The summed E-state index contributed by atoms with van der Waals surface area (Å²) in [5, 5.41) is 0. The van der Waals surface area contributed by atoms with E-state index in [1.54, 1.807) is 19.5 Å². The van der Waals surface area contributed by atoms with E-state index in [1.807, 2.05) is 26.0 Å². The summed E-state index contributed by atoms with van der Waals surface area (Å²) in [6.07, 6.45) is 6.88. The molecule has 1 aromatic heterocycles. The van der Waals surface area contributed by atoms with Crippen LogP contribution in [0.3, 0.4) is 0 Å². The van der Waals surface area contributed by atoms with E-state index < -0.39 is 5.97 Å². The van der Waals surface area contributed by atoms with Crippen LogP contribution in [0.1, 0.15) is 46.8 Å². The largest absolute Gasteiger partial charge is 0.496 e. The van der Waals surface area contributed by atoms with Crippen molar-refractivity contribution in [2.45, 2.75) is 39.7 Å². The number of nitrogens with zero attached hydrogens (tertiary/aromatic N) is 4. The molecule has 0 bridgehead atoms. The second-order valence-corrected chi connectivity index (χ2v) is 9.68. The third-order valence-corrected chi connectivity index (χ3v) is 7.16. The third-order valence-electron chi connectivity index (χ3n) is 7.16. The average molecular weight is 549 g/mol. The summed E-state index contributed by atoms with van der Waals surface area (Å²) in [6, 6.07) is 1.82. The van der Waals surface area contributed by atoms with Gasteiger partial charge in [0, 0.05) is 56.1 Å². The zero-order valence-corrected chi connectivity index (χ0v) is 23.6. The summed E-state index contributed by atoms with van der Waals surface area (Å²) in [6.45, 7) is 8.24. The third kappa shape index (κ3) is 6.90. The van der Waals surface area contributed by atoms with Gasteiger partial charge in [0.1, 0.15) is 30.3 Å². The normalized spacial score (nSPS) is 15.2. The van der Waals surface area contributed by atoms with Crippen LogP contribution in [0.4, 0.5) is 5.95 Å². The molecule has 2 aliphatic rings. The van der Waals surface area contributed by atoms with Crippen LogP contribution in [-0.4, -0.2) is 80.4 Å². The Bertz CT molecular complexity index is 1310. The van der Waals surface area contributed by atoms with Crippen molar-refractivity contribution < 1.29 is 28.5 Å². The van der Waals surface area contributed by atoms with Crippen molar-refractivity contribution in [2.75, 3.05) is 58.5 Å². The number of ether oxygens (including phenoxy) is 4. The van der Waals surface area contributed by atoms with E-state index in [0.29, 0.717) is 42.9 Å². The molecule has 212 valence electrons. The Kier molecular flexibility index (Phi) is 9.97. The maximum atomic E-state index is 12.7. The molecule has 0 radical (unpaired) electrons. The van der Waals surface area contributed by atoms with Crippen LogP contribution in [0, 0.1) is 18.8 Å². The van der Waals surface area contributed by atoms with Gasteiger partial charge in [0.2, 0.25) is 5.95 Å². The smallest absolute Gasteiger partial charge is 0.342 e. The lowest BCUT2D eigenvalue weighted by Gasteiger charge is -2.33. The van der Waals surface area contributed by atoms with Gasteiger partial charge in [-0.1, -0.05) is 23.5 Å². The predicted octanol–water partition coefficient (Wildman–Crippen LogP) is 3.11. The van der Waals surface area contributed by atoms with Crippen LogP contribution < -0.4 is 14.4 Å². The van der Waals surface area contributed by atoms with Crippen molar-refractivity contribution in [3.63, 3.8) is 0 Å². The number of fused-ring (bicyclic) bond motifs is 1. The van der Waals surface area contributed by atoms with Gasteiger partial charge in [-0.05, 0) is 38.3 Å². The van der Waals surface area contributed by atoms with Crippen molar-refractivity contribution in [3.8, 4) is 23.3 Å². The van der Waals surface area contributed by atoms with Crippen LogP contribution >= 0.6 is 0 Å². The second kappa shape index (κ2) is 13.8. The number of allylic oxidation sites excluding steroid dienone is 2. The van der Waals surface area contributed by atoms with Gasteiger partial charge >= 0.3 is 11.9 Å². The fourth-order valence-corrected chi connectivity index (χ4v) is 4.84. The summed E-state index contributed by atoms with van der Waals surface area (Å²) in [5.74, 6) is 7.51. The number of carbonyl (C=O) groups excluding carboxylic acids is 2. The highest BCUT2D eigenvalue weighted by atomic mass is 16.5. The van der Waals surface area contributed by atoms with E-state index in [4.69, 9.17) is 18.9 Å². The molecule has 0 N–H and O–H groups in total. The van der Waals surface area contributed by atoms with Crippen LogP contribution in [-0.2, 0) is 27.3 Å². The van der Waals surface area contributed by atoms with Crippen molar-refractivity contribution in [2.24, 2.45) is 0 Å². The van der Waals surface area contributed by atoms with Crippen LogP contribution in [0.25, 0.3) is 0 Å². The maximum Gasteiger partial charge on any atom is 0.342 e. The molecule has 40 heavy (non-hydrogen) atoms. The Labute approximate surface area is 235 Å². The summed E-state index contributed by atoms with van der Waals surface area (Å²) < 4.78 is 22.0. The molecular weight excluding hydrogens is 512 g/mol. The van der Waals surface area contributed by atoms with Crippen molar-refractivity contribution in [1.82, 2.24) is 14.9 Å². The Morgan fingerprint density at radius 2 is 1.85 bits per heavy atom. The molecular formula is C30H36N4O6. The number of anilines is 1. The molecule has 0 atom stereocenters. The van der Waals surface area contributed by atoms with Crippen molar-refractivity contribution >= 4 is 17.9 Å². The monoisotopic (exact) mass is 548 g/mol. The number of carbonyl (C=O) groups is 2. The van der Waals surface area contributed by atoms with Crippen molar-refractivity contribution in [3.05, 3.63) is 52.4 Å². The quantitative estimate of drug-likeness (QED) is 0.250. The summed E-state index contributed by atoms with van der Waals surface area (Å²) >= 11 is 0. The summed E-state index contributed by atoms with van der Waals surface area (Å²) in [7, 11) is 2.99. The predicted molar refractivity (Wildman–Crippen MR) is 150 cm³/mol. The molecule has 0 saturated carbocycles. The van der Waals surface area contributed by atoms with Crippen LogP contribution in [0.2, 0.25) is 0 Å². The average Bonchev–Trinajstić information content (AvgIpc) is 3.38. The fourth-order valence-electron chi connectivity index (χ4n) is 4.84. The Balaban J connectivity index is 1.43. The zero-order chi connectivity index (χ0) is 28.5. The molecule has 10 heteroatoms. The number of piperazine rings is 1. The van der Waals surface area contributed by atoms with Gasteiger partial charge in [-0.15, -0.1) is 0 Å². The van der Waals surface area contributed by atoms with Gasteiger partial charge in [-0.2, -0.15) is 0 Å². The van der Waals surface area contributed by atoms with Gasteiger partial charge in [0.05, 0.1) is 20.8 Å². The second-order valence-electron chi connectivity index (χ2n) is 9.68. The number of esters is 2. The van der Waals surface area contributed by atoms with E-state index in [1.165, 1.54) is 7.11 Å². The number of hydrogen-bond donors (Lipinski definition) is 0. The van der Waals surface area contributed by atoms with Gasteiger partial charge in [0.25, 0.3) is 0 Å². The topological polar surface area (TPSA) is 103 Å². The van der Waals surface area contributed by atoms with E-state index in [-0.39, 0.29) is 19.2 Å². The van der Waals surface area contributed by atoms with E-state index >= 15 is 0 Å². The standard InChI is InChI=1S/C30H36N4O6/c1-21(9-11-25(35)37-3)8-10-23-27(38-4)22(2)24-20-40-29(36)26(24)28(23)39-19-6-5-14-33-15-17-34(18-16-33)30-31-12-7-13-32-30/h7-8,12-13H,9-11,14-20H2,1-4H3/b21-8+. The zero-order valence-electron chi connectivity index (χ0n) is 23.6. The SMILES string of the molecule is COC(=O)CC/C(C)=C/Cc1c(OC)c(C)c2c(c1OCC#CCN1CCN(c3ncccn3)CC1)C(=O)OC2. The van der Waals surface area contributed by atoms with Gasteiger partial charge < -0.3 is 23.8 Å². The maximum absolute atomic E-state index is 12.7. The minimum Gasteiger partial charge on any atom is -0.496 e. The Morgan fingerprint density at radius 3 is 2.55 bits per heavy atom. The summed E-state index contributed by atoms with van der Waals surface area (Å²) in [5.41, 5.74) is 3.86. The first-order valence-corrected chi connectivity index (χ1v) is 13.4. The molecule has 4 rings (SSSR count). The fraction of sp³-hybridized carbons (Fsp3) is 0.467. The molecule has 2 aliphatic heterocycles. The lowest BCUT2D eigenvalue weighted by Crippen LogP contribution is -2.47. The number of methoxy groups -OCH3 is 2. The molecule has 2 aromatic rings. The Hall–Kier alpha value is -4.10. The van der Waals surface area contributed by atoms with Crippen molar-refractivity contribution in [1.29, 1.82) is 0 Å². The lowest BCUT2D eigenvalue weighted by molar-refractivity contribution is -0.140. The first kappa shape index (κ1) is 28.9. The molecule has 1 aromatic carbocycles. The number of rotatable bonds is 10. The molecule has 1 fully saturated rings. The molecule has 10 nitrogen and oxygen atoms in total. The highest BCUT2D eigenvalue weighted by Crippen LogP contribution is 2.42. The number of benzene rings is 1. The Morgan fingerprint density at radius 1 is 1.10 bits per heavy atom. The minimum atomic E-state index is -0.406. The van der Waals surface area contributed by atoms with E-state index in [0.717, 1.165) is 54.4 Å². The molecule has 0 aliphatic carbocycles. The number of cyclic esters (lactones) is 1. The van der Waals surface area contributed by atoms with Crippen LogP contribution in [0.15, 0.2) is 30.1 Å². The molecule has 0 amide bonds. The lowest BCUT2D eigenvalue weighted by atomic mass is 9.94. The minimum absolute atomic E-state index is 0.127. The molecule has 1 saturated heterocycles. The van der Waals surface area contributed by atoms with Gasteiger partial charge in [-0.3, -0.25) is 9.69 Å². The first-order valence-electron chi connectivity index (χ1n) is 13.4. The highest BCUT2D eigenvalue weighted by Gasteiger charge is 2.33. The molecule has 0 spiro atoms.